The minimum absolute atomic E-state index is 0.131. The number of carbonyl (C=O) groups is 7. The molecule has 0 unspecified atom stereocenters. The van der Waals surface area contributed by atoms with Crippen LogP contribution in [0.25, 0.3) is 11.1 Å². The van der Waals surface area contributed by atoms with Crippen molar-refractivity contribution in [2.45, 2.75) is 58.7 Å². The number of carboxylic acid groups (broad SMARTS) is 1. The highest BCUT2D eigenvalue weighted by Crippen LogP contribution is 2.23. The van der Waals surface area contributed by atoms with Gasteiger partial charge in [-0.2, -0.15) is 0 Å². The average Bonchev–Trinajstić information content (AvgIpc) is 3.68. The van der Waals surface area contributed by atoms with E-state index in [1.165, 1.54) is 4.90 Å². The molecule has 236 valence electrons. The first kappa shape index (κ1) is 32.1. The maximum absolute atomic E-state index is 13.7. The van der Waals surface area contributed by atoms with Crippen molar-refractivity contribution in [3.8, 4) is 0 Å². The van der Waals surface area contributed by atoms with Gasteiger partial charge in [-0.3, -0.25) is 33.7 Å². The van der Waals surface area contributed by atoms with Crippen LogP contribution in [0.2, 0.25) is 0 Å². The second-order valence-electron chi connectivity index (χ2n) is 11.6. The Morgan fingerprint density at radius 3 is 2.32 bits per heavy atom. The van der Waals surface area contributed by atoms with E-state index in [1.54, 1.807) is 52.0 Å². The molecule has 15 nitrogen and oxygen atoms in total. The van der Waals surface area contributed by atoms with Crippen molar-refractivity contribution in [2.75, 3.05) is 26.2 Å². The van der Waals surface area contributed by atoms with E-state index in [1.807, 2.05) is 0 Å². The van der Waals surface area contributed by atoms with Crippen molar-refractivity contribution in [1.29, 1.82) is 0 Å². The predicted molar refractivity (Wildman–Crippen MR) is 153 cm³/mol. The number of amides is 6. The number of hydrogen-bond acceptors (Lipinski definition) is 9. The number of likely N-dealkylation sites (tertiary alicyclic amines) is 1. The van der Waals surface area contributed by atoms with Gasteiger partial charge < -0.3 is 30.0 Å². The van der Waals surface area contributed by atoms with E-state index in [4.69, 9.17) is 9.52 Å². The summed E-state index contributed by atoms with van der Waals surface area (Å²) in [6, 6.07) is 3.05. The van der Waals surface area contributed by atoms with Gasteiger partial charge in [-0.1, -0.05) is 39.8 Å². The average molecular weight is 613 g/mol. The zero-order valence-electron chi connectivity index (χ0n) is 24.9. The molecular weight excluding hydrogens is 576 g/mol. The number of Topliss-reactive ketones (excluding diaryl/α,β-unsaturated/α-hetero) is 1. The Kier molecular flexibility index (Phi) is 9.65. The number of ketones is 1. The molecule has 44 heavy (non-hydrogen) atoms. The molecule has 15 heteroatoms. The summed E-state index contributed by atoms with van der Waals surface area (Å²) in [5, 5.41) is 14.3. The number of hydrogen-bond donors (Lipinski definition) is 3. The lowest BCUT2D eigenvalue weighted by atomic mass is 9.98. The molecule has 0 saturated carbocycles. The maximum Gasteiger partial charge on any atom is 0.328 e. The Morgan fingerprint density at radius 2 is 1.68 bits per heavy atom. The number of aliphatic carboxylic acids is 1. The molecule has 6 amide bonds. The normalized spacial score (nSPS) is 18.3. The zero-order valence-corrected chi connectivity index (χ0v) is 24.9. The monoisotopic (exact) mass is 612 g/mol. The highest BCUT2D eigenvalue weighted by molar-refractivity contribution is 6.06. The molecule has 0 spiro atoms. The molecule has 2 aliphatic heterocycles. The first-order valence-corrected chi connectivity index (χ1v) is 14.4. The number of imide groups is 1. The van der Waals surface area contributed by atoms with Crippen molar-refractivity contribution in [2.24, 2.45) is 11.8 Å². The SMILES string of the molecule is CC(C)[C@H](NC(=O)[C@@H]1CCCN1C(=O)[C@@H](NC(=O)CN1C(=O)CN(CC(=O)O)C1=O)C(C)C)C(=O)c1nc2ccccc2o1. The first-order chi connectivity index (χ1) is 20.8. The molecule has 2 aromatic rings. The molecule has 0 bridgehead atoms. The molecule has 2 saturated heterocycles. The minimum Gasteiger partial charge on any atom is -0.480 e. The molecule has 1 aromatic carbocycles. The Bertz CT molecular complexity index is 1450. The highest BCUT2D eigenvalue weighted by Gasteiger charge is 2.42. The Labute approximate surface area is 252 Å². The quantitative estimate of drug-likeness (QED) is 0.226. The maximum atomic E-state index is 13.7. The molecule has 0 aliphatic carbocycles. The van der Waals surface area contributed by atoms with Crippen LogP contribution >= 0.6 is 0 Å². The van der Waals surface area contributed by atoms with Crippen LogP contribution in [-0.2, 0) is 24.0 Å². The summed E-state index contributed by atoms with van der Waals surface area (Å²) in [6.07, 6.45) is 0.860. The van der Waals surface area contributed by atoms with Crippen LogP contribution in [0.5, 0.6) is 0 Å². The minimum atomic E-state index is -1.30. The van der Waals surface area contributed by atoms with E-state index in [0.717, 1.165) is 4.90 Å². The topological polar surface area (TPSA) is 200 Å². The third kappa shape index (κ3) is 6.87. The van der Waals surface area contributed by atoms with E-state index < -0.39 is 85.1 Å². The van der Waals surface area contributed by atoms with E-state index in [2.05, 4.69) is 15.6 Å². The highest BCUT2D eigenvalue weighted by atomic mass is 16.4. The molecular formula is C29H36N6O9. The van der Waals surface area contributed by atoms with Gasteiger partial charge in [0.2, 0.25) is 23.5 Å². The molecule has 3 N–H and O–H groups in total. The van der Waals surface area contributed by atoms with Crippen molar-refractivity contribution in [1.82, 2.24) is 30.3 Å². The van der Waals surface area contributed by atoms with E-state index >= 15 is 0 Å². The van der Waals surface area contributed by atoms with Crippen LogP contribution in [0.4, 0.5) is 4.79 Å². The van der Waals surface area contributed by atoms with Gasteiger partial charge in [0.15, 0.2) is 5.58 Å². The number of oxazole rings is 1. The molecule has 1 aromatic heterocycles. The summed E-state index contributed by atoms with van der Waals surface area (Å²) >= 11 is 0. The summed E-state index contributed by atoms with van der Waals surface area (Å²) in [5.41, 5.74) is 0.949. The number of rotatable bonds is 12. The fourth-order valence-electron chi connectivity index (χ4n) is 5.29. The molecule has 2 aliphatic rings. The van der Waals surface area contributed by atoms with Crippen LogP contribution < -0.4 is 10.6 Å². The largest absolute Gasteiger partial charge is 0.480 e. The predicted octanol–water partition coefficient (Wildman–Crippen LogP) is 0.632. The number of aromatic nitrogens is 1. The Balaban J connectivity index is 1.42. The Morgan fingerprint density at radius 1 is 1.00 bits per heavy atom. The van der Waals surface area contributed by atoms with Crippen molar-refractivity contribution >= 4 is 52.5 Å². The number of carbonyl (C=O) groups excluding carboxylic acids is 6. The van der Waals surface area contributed by atoms with Gasteiger partial charge in [-0.25, -0.2) is 9.78 Å². The lowest BCUT2D eigenvalue weighted by Gasteiger charge is -2.31. The summed E-state index contributed by atoms with van der Waals surface area (Å²) < 4.78 is 5.61. The number of carboxylic acids is 1. The molecule has 4 rings (SSSR count). The molecule has 3 heterocycles. The standard InChI is InChI=1S/C29H36N6O9/c1-15(2)23(25(40)27-30-17-8-5-6-10-19(17)44-27)32-26(41)18-9-7-11-34(18)28(42)24(16(3)4)31-20(36)12-35-21(37)13-33(29(35)43)14-22(38)39/h5-6,8,10,15-16,18,23-24H,7,9,11-14H2,1-4H3,(H,31,36)(H,32,41)(H,38,39)/t18-,23-,24-/m0/s1. The van der Waals surface area contributed by atoms with Gasteiger partial charge in [0.05, 0.1) is 6.04 Å². The molecule has 3 atom stereocenters. The number of benzene rings is 1. The second-order valence-corrected chi connectivity index (χ2v) is 11.6. The van der Waals surface area contributed by atoms with Crippen LogP contribution in [0.15, 0.2) is 28.7 Å². The smallest absolute Gasteiger partial charge is 0.328 e. The number of nitrogens with zero attached hydrogens (tertiary/aromatic N) is 4. The van der Waals surface area contributed by atoms with Crippen molar-refractivity contribution < 1.29 is 43.1 Å². The third-order valence-corrected chi connectivity index (χ3v) is 7.60. The van der Waals surface area contributed by atoms with Gasteiger partial charge in [0, 0.05) is 6.54 Å². The van der Waals surface area contributed by atoms with Crippen LogP contribution in [0, 0.1) is 11.8 Å². The number of para-hydroxylation sites is 2. The fourth-order valence-corrected chi connectivity index (χ4v) is 5.29. The lowest BCUT2D eigenvalue weighted by molar-refractivity contribution is -0.142. The second kappa shape index (κ2) is 13.2. The fraction of sp³-hybridized carbons (Fsp3) is 0.517. The number of nitrogens with one attached hydrogen (secondary N) is 2. The van der Waals surface area contributed by atoms with Gasteiger partial charge in [0.25, 0.3) is 11.8 Å². The zero-order chi connectivity index (χ0) is 32.3. The number of fused-ring (bicyclic) bond motifs is 1. The lowest BCUT2D eigenvalue weighted by Crippen LogP contribution is -2.58. The van der Waals surface area contributed by atoms with Crippen molar-refractivity contribution in [3.63, 3.8) is 0 Å². The van der Waals surface area contributed by atoms with Gasteiger partial charge in [-0.15, -0.1) is 0 Å². The van der Waals surface area contributed by atoms with Crippen LogP contribution in [0.3, 0.4) is 0 Å². The van der Waals surface area contributed by atoms with Crippen LogP contribution in [-0.4, -0.2) is 111 Å². The van der Waals surface area contributed by atoms with E-state index in [9.17, 15) is 33.6 Å². The van der Waals surface area contributed by atoms with Gasteiger partial charge >= 0.3 is 12.0 Å². The van der Waals surface area contributed by atoms with E-state index in [-0.39, 0.29) is 18.4 Å². The first-order valence-electron chi connectivity index (χ1n) is 14.4. The summed E-state index contributed by atoms with van der Waals surface area (Å²) in [6.45, 7) is 5.32. The Hall–Kier alpha value is -4.82. The summed E-state index contributed by atoms with van der Waals surface area (Å²) in [4.78, 5) is 96.0. The molecule has 2 fully saturated rings. The van der Waals surface area contributed by atoms with Gasteiger partial charge in [0.1, 0.15) is 37.2 Å². The number of urea groups is 1. The third-order valence-electron chi connectivity index (χ3n) is 7.60. The molecule has 0 radical (unpaired) electrons. The van der Waals surface area contributed by atoms with Gasteiger partial charge in [-0.05, 0) is 36.8 Å². The van der Waals surface area contributed by atoms with E-state index in [0.29, 0.717) is 28.8 Å². The van der Waals surface area contributed by atoms with Crippen LogP contribution in [0.1, 0.15) is 51.2 Å². The summed E-state index contributed by atoms with van der Waals surface area (Å²) in [5.74, 6) is -5.26. The van der Waals surface area contributed by atoms with Crippen molar-refractivity contribution in [3.05, 3.63) is 30.2 Å². The summed E-state index contributed by atoms with van der Waals surface area (Å²) in [7, 11) is 0.